The van der Waals surface area contributed by atoms with Crippen LogP contribution in [0.4, 0.5) is 5.82 Å². The number of nitrogens with two attached hydrogens (primary N) is 1. The Morgan fingerprint density at radius 1 is 1.43 bits per heavy atom. The number of nitrogens with one attached hydrogen (secondary N) is 1. The third kappa shape index (κ3) is 5.11. The molecule has 0 aromatic carbocycles. The summed E-state index contributed by atoms with van der Waals surface area (Å²) in [7, 11) is 0. The second-order valence-corrected chi connectivity index (χ2v) is 6.17. The van der Waals surface area contributed by atoms with Crippen molar-refractivity contribution in [1.29, 1.82) is 0 Å². The van der Waals surface area contributed by atoms with E-state index in [2.05, 4.69) is 15.2 Å². The van der Waals surface area contributed by atoms with E-state index in [1.807, 2.05) is 0 Å². The van der Waals surface area contributed by atoms with Crippen LogP contribution in [0.25, 0.3) is 0 Å². The molecular formula is C14H20Cl2N4O. The quantitative estimate of drug-likeness (QED) is 0.869. The molecule has 1 aromatic heterocycles. The second kappa shape index (κ2) is 7.94. The molecule has 5 nitrogen and oxygen atoms in total. The number of pyridine rings is 1. The summed E-state index contributed by atoms with van der Waals surface area (Å²) < 4.78 is 0. The van der Waals surface area contributed by atoms with Gasteiger partial charge in [-0.1, -0.05) is 23.2 Å². The molecule has 1 amide bonds. The Morgan fingerprint density at radius 2 is 2.14 bits per heavy atom. The fraction of sp³-hybridized carbons (Fsp3) is 0.571. The summed E-state index contributed by atoms with van der Waals surface area (Å²) >= 11 is 11.8. The van der Waals surface area contributed by atoms with E-state index in [0.29, 0.717) is 28.3 Å². The minimum Gasteiger partial charge on any atom is -0.330 e. The Kier molecular flexibility index (Phi) is 6.23. The molecule has 0 bridgehead atoms. The van der Waals surface area contributed by atoms with Crippen LogP contribution >= 0.6 is 23.2 Å². The fourth-order valence-electron chi connectivity index (χ4n) is 2.55. The van der Waals surface area contributed by atoms with Crippen LogP contribution < -0.4 is 11.1 Å². The number of halogens is 2. The van der Waals surface area contributed by atoms with Crippen LogP contribution in [0.3, 0.4) is 0 Å². The summed E-state index contributed by atoms with van der Waals surface area (Å²) in [4.78, 5) is 18.2. The van der Waals surface area contributed by atoms with Gasteiger partial charge >= 0.3 is 0 Å². The molecule has 1 fully saturated rings. The highest BCUT2D eigenvalue weighted by Gasteiger charge is 2.20. The highest BCUT2D eigenvalue weighted by atomic mass is 35.5. The van der Waals surface area contributed by atoms with E-state index in [4.69, 9.17) is 28.9 Å². The van der Waals surface area contributed by atoms with Gasteiger partial charge in [-0.3, -0.25) is 9.69 Å². The van der Waals surface area contributed by atoms with Gasteiger partial charge < -0.3 is 11.1 Å². The molecule has 0 atom stereocenters. The third-order valence-electron chi connectivity index (χ3n) is 3.71. The first-order valence-corrected chi connectivity index (χ1v) is 7.87. The maximum Gasteiger partial charge on any atom is 0.239 e. The summed E-state index contributed by atoms with van der Waals surface area (Å²) in [6.45, 7) is 2.96. The molecule has 1 aliphatic heterocycles. The molecule has 2 rings (SSSR count). The molecule has 1 aromatic rings. The van der Waals surface area contributed by atoms with Crippen molar-refractivity contribution in [2.75, 3.05) is 31.5 Å². The SMILES string of the molecule is NCCC1CCN(CC(=O)Nc2ncc(Cl)cc2Cl)CC1. The number of carbonyl (C=O) groups excluding carboxylic acids is 1. The Labute approximate surface area is 134 Å². The highest BCUT2D eigenvalue weighted by Crippen LogP contribution is 2.23. The summed E-state index contributed by atoms with van der Waals surface area (Å²) in [5, 5.41) is 3.51. The number of hydrogen-bond donors (Lipinski definition) is 2. The van der Waals surface area contributed by atoms with E-state index in [1.54, 1.807) is 6.07 Å². The van der Waals surface area contributed by atoms with E-state index in [1.165, 1.54) is 6.20 Å². The Balaban J connectivity index is 1.80. The number of anilines is 1. The molecular weight excluding hydrogens is 311 g/mol. The third-order valence-corrected chi connectivity index (χ3v) is 4.21. The topological polar surface area (TPSA) is 71.2 Å². The first kappa shape index (κ1) is 16.5. The Bertz CT molecular complexity index is 490. The number of rotatable bonds is 5. The lowest BCUT2D eigenvalue weighted by atomic mass is 9.94. The van der Waals surface area contributed by atoms with E-state index in [-0.39, 0.29) is 5.91 Å². The summed E-state index contributed by atoms with van der Waals surface area (Å²) in [6.07, 6.45) is 4.74. The van der Waals surface area contributed by atoms with E-state index in [0.717, 1.165) is 38.9 Å². The number of carbonyl (C=O) groups is 1. The van der Waals surface area contributed by atoms with Crippen molar-refractivity contribution in [2.24, 2.45) is 11.7 Å². The van der Waals surface area contributed by atoms with Crippen molar-refractivity contribution in [3.8, 4) is 0 Å². The van der Waals surface area contributed by atoms with Crippen molar-refractivity contribution in [2.45, 2.75) is 19.3 Å². The minimum atomic E-state index is -0.107. The first-order chi connectivity index (χ1) is 10.1. The molecule has 1 aliphatic rings. The summed E-state index contributed by atoms with van der Waals surface area (Å²) in [5.41, 5.74) is 5.58. The molecule has 116 valence electrons. The monoisotopic (exact) mass is 330 g/mol. The van der Waals surface area contributed by atoms with Gasteiger partial charge in [-0.25, -0.2) is 4.98 Å². The standard InChI is InChI=1S/C14H20Cl2N4O/c15-11-7-12(16)14(18-8-11)19-13(21)9-20-5-2-10(1-4-17)3-6-20/h7-8,10H,1-6,9,17H2,(H,18,19,21). The lowest BCUT2D eigenvalue weighted by molar-refractivity contribution is -0.117. The summed E-state index contributed by atoms with van der Waals surface area (Å²) in [6, 6.07) is 1.56. The van der Waals surface area contributed by atoms with Crippen LogP contribution in [0.1, 0.15) is 19.3 Å². The van der Waals surface area contributed by atoms with Crippen molar-refractivity contribution >= 4 is 34.9 Å². The zero-order valence-electron chi connectivity index (χ0n) is 11.8. The fourth-order valence-corrected chi connectivity index (χ4v) is 2.98. The van der Waals surface area contributed by atoms with Gasteiger partial charge in [0.15, 0.2) is 5.82 Å². The molecule has 0 unspecified atom stereocenters. The number of hydrogen-bond acceptors (Lipinski definition) is 4. The average molecular weight is 331 g/mol. The number of likely N-dealkylation sites (tertiary alicyclic amines) is 1. The molecule has 0 spiro atoms. The molecule has 3 N–H and O–H groups in total. The molecule has 0 radical (unpaired) electrons. The van der Waals surface area contributed by atoms with E-state index in [9.17, 15) is 4.79 Å². The van der Waals surface area contributed by atoms with Gasteiger partial charge in [0, 0.05) is 6.20 Å². The number of aromatic nitrogens is 1. The van der Waals surface area contributed by atoms with Gasteiger partial charge in [-0.05, 0) is 50.9 Å². The predicted octanol–water partition coefficient (Wildman–Crippen LogP) is 2.39. The van der Waals surface area contributed by atoms with E-state index < -0.39 is 0 Å². The van der Waals surface area contributed by atoms with Crippen molar-refractivity contribution in [1.82, 2.24) is 9.88 Å². The Morgan fingerprint density at radius 3 is 2.76 bits per heavy atom. The maximum atomic E-state index is 12.0. The zero-order valence-corrected chi connectivity index (χ0v) is 13.3. The number of nitrogens with zero attached hydrogens (tertiary/aromatic N) is 2. The van der Waals surface area contributed by atoms with Crippen LogP contribution in [-0.4, -0.2) is 42.0 Å². The molecule has 1 saturated heterocycles. The molecule has 0 aliphatic carbocycles. The van der Waals surface area contributed by atoms with E-state index >= 15 is 0 Å². The van der Waals surface area contributed by atoms with Crippen molar-refractivity contribution in [3.05, 3.63) is 22.3 Å². The normalized spacial score (nSPS) is 16.9. The lowest BCUT2D eigenvalue weighted by Crippen LogP contribution is -2.39. The van der Waals surface area contributed by atoms with Gasteiger partial charge in [-0.2, -0.15) is 0 Å². The maximum absolute atomic E-state index is 12.0. The zero-order chi connectivity index (χ0) is 15.2. The predicted molar refractivity (Wildman–Crippen MR) is 85.7 cm³/mol. The molecule has 7 heteroatoms. The average Bonchev–Trinajstić information content (AvgIpc) is 2.44. The van der Waals surface area contributed by atoms with Gasteiger partial charge in [-0.15, -0.1) is 0 Å². The first-order valence-electron chi connectivity index (χ1n) is 7.12. The largest absolute Gasteiger partial charge is 0.330 e. The number of piperidine rings is 1. The van der Waals surface area contributed by atoms with Crippen LogP contribution in [0.15, 0.2) is 12.3 Å². The minimum absolute atomic E-state index is 0.107. The van der Waals surface area contributed by atoms with Crippen LogP contribution in [0.5, 0.6) is 0 Å². The summed E-state index contributed by atoms with van der Waals surface area (Å²) in [5.74, 6) is 0.940. The van der Waals surface area contributed by atoms with Gasteiger partial charge in [0.2, 0.25) is 5.91 Å². The van der Waals surface area contributed by atoms with Crippen LogP contribution in [0, 0.1) is 5.92 Å². The van der Waals surface area contributed by atoms with Crippen LogP contribution in [0.2, 0.25) is 10.0 Å². The van der Waals surface area contributed by atoms with Crippen molar-refractivity contribution < 1.29 is 4.79 Å². The van der Waals surface area contributed by atoms with Gasteiger partial charge in [0.25, 0.3) is 0 Å². The highest BCUT2D eigenvalue weighted by molar-refractivity contribution is 6.36. The second-order valence-electron chi connectivity index (χ2n) is 5.33. The van der Waals surface area contributed by atoms with Gasteiger partial charge in [0.05, 0.1) is 16.6 Å². The van der Waals surface area contributed by atoms with Crippen LogP contribution in [-0.2, 0) is 4.79 Å². The molecule has 0 saturated carbocycles. The molecule has 2 heterocycles. The Hall–Kier alpha value is -0.880. The lowest BCUT2D eigenvalue weighted by Gasteiger charge is -2.31. The smallest absolute Gasteiger partial charge is 0.239 e. The number of amides is 1. The molecule has 21 heavy (non-hydrogen) atoms. The van der Waals surface area contributed by atoms with Crippen molar-refractivity contribution in [3.63, 3.8) is 0 Å². The van der Waals surface area contributed by atoms with Gasteiger partial charge in [0.1, 0.15) is 0 Å².